The first-order valence-corrected chi connectivity index (χ1v) is 7.59. The Morgan fingerprint density at radius 1 is 1.30 bits per heavy atom. The average molecular weight is 343 g/mol. The summed E-state index contributed by atoms with van der Waals surface area (Å²) in [6.45, 7) is 6.06. The van der Waals surface area contributed by atoms with E-state index in [-0.39, 0.29) is 5.97 Å². The smallest absolute Gasteiger partial charge is 0.320 e. The monoisotopic (exact) mass is 342 g/mol. The molecule has 0 radical (unpaired) electrons. The molecule has 0 amide bonds. The third kappa shape index (κ3) is 4.42. The highest BCUT2D eigenvalue weighted by molar-refractivity contribution is 9.10. The molecule has 0 aliphatic carbocycles. The van der Waals surface area contributed by atoms with Gasteiger partial charge in [-0.3, -0.25) is 9.69 Å². The maximum atomic E-state index is 11.5. The Bertz CT molecular complexity index is 441. The summed E-state index contributed by atoms with van der Waals surface area (Å²) in [5.74, 6) is 0.590. The van der Waals surface area contributed by atoms with Gasteiger partial charge in [0, 0.05) is 38.6 Å². The topological polar surface area (TPSA) is 58.6 Å². The fraction of sp³-hybridized carbons (Fsp3) is 0.615. The number of aromatic nitrogens is 2. The van der Waals surface area contributed by atoms with Gasteiger partial charge in [-0.2, -0.15) is 0 Å². The summed E-state index contributed by atoms with van der Waals surface area (Å²) in [6, 6.07) is 0. The molecular weight excluding hydrogens is 324 g/mol. The van der Waals surface area contributed by atoms with Crippen molar-refractivity contribution in [1.82, 2.24) is 14.9 Å². The Kier molecular flexibility index (Phi) is 5.72. The maximum absolute atomic E-state index is 11.5. The lowest BCUT2D eigenvalue weighted by Crippen LogP contribution is -2.35. The molecular formula is C13H19BrN4O2. The minimum Gasteiger partial charge on any atom is -0.465 e. The molecule has 0 aromatic carbocycles. The zero-order chi connectivity index (χ0) is 14.4. The molecule has 0 atom stereocenters. The number of carbonyl (C=O) groups excluding carboxylic acids is 1. The maximum Gasteiger partial charge on any atom is 0.320 e. The third-order valence-corrected chi connectivity index (χ3v) is 3.55. The second-order valence-corrected chi connectivity index (χ2v) is 5.54. The lowest BCUT2D eigenvalue weighted by atomic mass is 10.4. The molecule has 20 heavy (non-hydrogen) atoms. The number of esters is 1. The van der Waals surface area contributed by atoms with Crippen molar-refractivity contribution in [3.05, 3.63) is 16.9 Å². The summed E-state index contributed by atoms with van der Waals surface area (Å²) in [4.78, 5) is 24.4. The molecule has 1 aliphatic heterocycles. The fourth-order valence-corrected chi connectivity index (χ4v) is 2.39. The largest absolute Gasteiger partial charge is 0.465 e. The van der Waals surface area contributed by atoms with Gasteiger partial charge >= 0.3 is 5.97 Å². The Morgan fingerprint density at radius 2 is 2.05 bits per heavy atom. The van der Waals surface area contributed by atoms with Gasteiger partial charge in [0.1, 0.15) is 0 Å². The summed E-state index contributed by atoms with van der Waals surface area (Å²) in [6.07, 6.45) is 4.49. The van der Waals surface area contributed by atoms with E-state index in [1.54, 1.807) is 12.4 Å². The minimum absolute atomic E-state index is 0.152. The van der Waals surface area contributed by atoms with Crippen molar-refractivity contribution in [2.45, 2.75) is 13.3 Å². The van der Waals surface area contributed by atoms with Gasteiger partial charge in [0.25, 0.3) is 0 Å². The second kappa shape index (κ2) is 7.54. The molecule has 0 unspecified atom stereocenters. The summed E-state index contributed by atoms with van der Waals surface area (Å²) in [5.41, 5.74) is 0. The molecule has 6 nitrogen and oxygen atoms in total. The van der Waals surface area contributed by atoms with Crippen LogP contribution in [0.1, 0.15) is 13.3 Å². The van der Waals surface area contributed by atoms with Crippen LogP contribution in [0.5, 0.6) is 0 Å². The fourth-order valence-electron chi connectivity index (χ4n) is 2.19. The molecule has 2 heterocycles. The normalized spacial score (nSPS) is 16.8. The summed E-state index contributed by atoms with van der Waals surface area (Å²) < 4.78 is 5.86. The molecule has 1 saturated heterocycles. The van der Waals surface area contributed by atoms with E-state index in [0.717, 1.165) is 43.0 Å². The van der Waals surface area contributed by atoms with E-state index in [1.807, 2.05) is 6.92 Å². The van der Waals surface area contributed by atoms with Gasteiger partial charge in [-0.05, 0) is 29.3 Å². The molecule has 2 rings (SSSR count). The minimum atomic E-state index is -0.152. The van der Waals surface area contributed by atoms with Crippen molar-refractivity contribution in [3.63, 3.8) is 0 Å². The van der Waals surface area contributed by atoms with Crippen molar-refractivity contribution in [2.75, 3.05) is 44.2 Å². The molecule has 7 heteroatoms. The lowest BCUT2D eigenvalue weighted by Gasteiger charge is -2.21. The molecule has 1 aliphatic rings. The van der Waals surface area contributed by atoms with Gasteiger partial charge in [-0.1, -0.05) is 0 Å². The van der Waals surface area contributed by atoms with Crippen LogP contribution in [0.4, 0.5) is 5.95 Å². The lowest BCUT2D eigenvalue weighted by molar-refractivity contribution is -0.144. The molecule has 0 N–H and O–H groups in total. The van der Waals surface area contributed by atoms with Crippen LogP contribution >= 0.6 is 15.9 Å². The Morgan fingerprint density at radius 3 is 2.75 bits per heavy atom. The number of nitrogens with zero attached hydrogens (tertiary/aromatic N) is 4. The van der Waals surface area contributed by atoms with Crippen molar-refractivity contribution in [2.24, 2.45) is 0 Å². The van der Waals surface area contributed by atoms with Gasteiger partial charge in [-0.15, -0.1) is 0 Å². The number of anilines is 1. The standard InChI is InChI=1S/C13H19BrN4O2/c1-2-20-12(19)10-17-4-3-5-18(7-6-17)13-15-8-11(14)9-16-13/h8-9H,2-7,10H2,1H3. The molecule has 1 aromatic heterocycles. The quantitative estimate of drug-likeness (QED) is 0.769. The first kappa shape index (κ1) is 15.2. The molecule has 0 bridgehead atoms. The van der Waals surface area contributed by atoms with E-state index < -0.39 is 0 Å². The number of rotatable bonds is 4. The molecule has 1 fully saturated rings. The number of hydrogen-bond donors (Lipinski definition) is 0. The van der Waals surface area contributed by atoms with Crippen molar-refractivity contribution < 1.29 is 9.53 Å². The summed E-state index contributed by atoms with van der Waals surface area (Å²) in [5, 5.41) is 0. The van der Waals surface area contributed by atoms with E-state index in [9.17, 15) is 4.79 Å². The van der Waals surface area contributed by atoms with Crippen LogP contribution in [0.2, 0.25) is 0 Å². The molecule has 0 saturated carbocycles. The van der Waals surface area contributed by atoms with Gasteiger partial charge in [-0.25, -0.2) is 9.97 Å². The predicted molar refractivity (Wildman–Crippen MR) is 79.6 cm³/mol. The van der Waals surface area contributed by atoms with Crippen LogP contribution in [0.15, 0.2) is 16.9 Å². The van der Waals surface area contributed by atoms with E-state index in [2.05, 4.69) is 35.7 Å². The van der Waals surface area contributed by atoms with Crippen LogP contribution in [0.25, 0.3) is 0 Å². The van der Waals surface area contributed by atoms with Gasteiger partial charge < -0.3 is 9.64 Å². The van der Waals surface area contributed by atoms with E-state index in [1.165, 1.54) is 0 Å². The van der Waals surface area contributed by atoms with Crippen molar-refractivity contribution >= 4 is 27.8 Å². The first-order valence-electron chi connectivity index (χ1n) is 6.79. The Balaban J connectivity index is 1.88. The number of carbonyl (C=O) groups is 1. The summed E-state index contributed by atoms with van der Waals surface area (Å²) in [7, 11) is 0. The second-order valence-electron chi connectivity index (χ2n) is 4.62. The van der Waals surface area contributed by atoms with E-state index in [0.29, 0.717) is 13.2 Å². The summed E-state index contributed by atoms with van der Waals surface area (Å²) >= 11 is 3.33. The highest BCUT2D eigenvalue weighted by Gasteiger charge is 2.18. The van der Waals surface area contributed by atoms with Gasteiger partial charge in [0.15, 0.2) is 0 Å². The average Bonchev–Trinajstić information content (AvgIpc) is 2.66. The third-order valence-electron chi connectivity index (χ3n) is 3.14. The van der Waals surface area contributed by atoms with E-state index >= 15 is 0 Å². The van der Waals surface area contributed by atoms with Crippen LogP contribution < -0.4 is 4.90 Å². The molecule has 110 valence electrons. The van der Waals surface area contributed by atoms with Gasteiger partial charge in [0.2, 0.25) is 5.95 Å². The highest BCUT2D eigenvalue weighted by Crippen LogP contribution is 2.13. The Hall–Kier alpha value is -1.21. The number of hydrogen-bond acceptors (Lipinski definition) is 6. The number of halogens is 1. The van der Waals surface area contributed by atoms with Crippen LogP contribution in [-0.4, -0.2) is 60.2 Å². The Labute approximate surface area is 127 Å². The zero-order valence-corrected chi connectivity index (χ0v) is 13.2. The predicted octanol–water partition coefficient (Wildman–Crippen LogP) is 1.31. The van der Waals surface area contributed by atoms with Crippen LogP contribution in [0, 0.1) is 0 Å². The van der Waals surface area contributed by atoms with Crippen molar-refractivity contribution in [3.8, 4) is 0 Å². The van der Waals surface area contributed by atoms with Crippen LogP contribution in [-0.2, 0) is 9.53 Å². The van der Waals surface area contributed by atoms with Crippen molar-refractivity contribution in [1.29, 1.82) is 0 Å². The molecule has 1 aromatic rings. The molecule has 0 spiro atoms. The SMILES string of the molecule is CCOC(=O)CN1CCCN(c2ncc(Br)cn2)CC1. The highest BCUT2D eigenvalue weighted by atomic mass is 79.9. The first-order chi connectivity index (χ1) is 9.69. The van der Waals surface area contributed by atoms with Crippen LogP contribution in [0.3, 0.4) is 0 Å². The zero-order valence-electron chi connectivity index (χ0n) is 11.6. The van der Waals surface area contributed by atoms with E-state index in [4.69, 9.17) is 4.74 Å². The van der Waals surface area contributed by atoms with Gasteiger partial charge in [0.05, 0.1) is 17.6 Å². The number of ether oxygens (including phenoxy) is 1.